The Bertz CT molecular complexity index is 848. The maximum atomic E-state index is 12.6. The maximum absolute atomic E-state index is 12.6. The SMILES string of the molecule is N#Cc1c(NC(=O)CCN(Cc2cccs2)CC2CCCO2)sc2c1CCC2. The second kappa shape index (κ2) is 9.19. The average molecular weight is 416 g/mol. The highest BCUT2D eigenvalue weighted by molar-refractivity contribution is 7.16. The normalized spacial score (nSPS) is 18.4. The van der Waals surface area contributed by atoms with Crippen molar-refractivity contribution < 1.29 is 9.53 Å². The van der Waals surface area contributed by atoms with Crippen molar-refractivity contribution in [1.29, 1.82) is 5.26 Å². The first-order valence-electron chi connectivity index (χ1n) is 9.93. The zero-order valence-corrected chi connectivity index (χ0v) is 17.5. The minimum absolute atomic E-state index is 0.0139. The van der Waals surface area contributed by atoms with Gasteiger partial charge in [0.1, 0.15) is 11.1 Å². The lowest BCUT2D eigenvalue weighted by Gasteiger charge is -2.24. The summed E-state index contributed by atoms with van der Waals surface area (Å²) in [4.78, 5) is 17.5. The van der Waals surface area contributed by atoms with Crippen LogP contribution in [0.25, 0.3) is 0 Å². The van der Waals surface area contributed by atoms with Crippen molar-refractivity contribution in [2.24, 2.45) is 0 Å². The largest absolute Gasteiger partial charge is 0.377 e. The lowest BCUT2D eigenvalue weighted by Crippen LogP contribution is -2.34. The van der Waals surface area contributed by atoms with E-state index in [-0.39, 0.29) is 12.0 Å². The van der Waals surface area contributed by atoms with Gasteiger partial charge in [0.25, 0.3) is 0 Å². The van der Waals surface area contributed by atoms with E-state index < -0.39 is 0 Å². The van der Waals surface area contributed by atoms with Gasteiger partial charge in [0.2, 0.25) is 5.91 Å². The van der Waals surface area contributed by atoms with E-state index in [0.717, 1.165) is 62.4 Å². The molecule has 1 N–H and O–H groups in total. The number of carbonyl (C=O) groups is 1. The molecule has 1 unspecified atom stereocenters. The number of nitrogens with zero attached hydrogens (tertiary/aromatic N) is 2. The van der Waals surface area contributed by atoms with Crippen LogP contribution in [-0.2, 0) is 28.9 Å². The molecule has 1 saturated heterocycles. The van der Waals surface area contributed by atoms with E-state index in [9.17, 15) is 10.1 Å². The predicted octanol–water partition coefficient (Wildman–Crippen LogP) is 4.18. The predicted molar refractivity (Wildman–Crippen MR) is 113 cm³/mol. The maximum Gasteiger partial charge on any atom is 0.226 e. The van der Waals surface area contributed by atoms with Crippen molar-refractivity contribution in [3.05, 3.63) is 38.4 Å². The summed E-state index contributed by atoms with van der Waals surface area (Å²) in [5, 5.41) is 15.3. The molecule has 2 aromatic heterocycles. The lowest BCUT2D eigenvalue weighted by molar-refractivity contribution is -0.116. The average Bonchev–Trinajstić information content (AvgIpc) is 3.45. The summed E-state index contributed by atoms with van der Waals surface area (Å²) in [5.41, 5.74) is 1.83. The molecule has 5 nitrogen and oxygen atoms in total. The summed E-state index contributed by atoms with van der Waals surface area (Å²) < 4.78 is 5.80. The third-order valence-corrected chi connectivity index (χ3v) is 7.45. The summed E-state index contributed by atoms with van der Waals surface area (Å²) in [7, 11) is 0. The number of hydrogen-bond donors (Lipinski definition) is 1. The van der Waals surface area contributed by atoms with Crippen LogP contribution in [0, 0.1) is 11.3 Å². The Morgan fingerprint density at radius 2 is 2.32 bits per heavy atom. The highest BCUT2D eigenvalue weighted by atomic mass is 32.1. The second-order valence-electron chi connectivity index (χ2n) is 7.42. The molecule has 28 heavy (non-hydrogen) atoms. The van der Waals surface area contributed by atoms with Crippen LogP contribution in [0.4, 0.5) is 5.00 Å². The van der Waals surface area contributed by atoms with Gasteiger partial charge < -0.3 is 10.1 Å². The molecule has 4 rings (SSSR count). The molecule has 1 amide bonds. The number of rotatable bonds is 8. The van der Waals surface area contributed by atoms with Gasteiger partial charge in [-0.15, -0.1) is 22.7 Å². The zero-order chi connectivity index (χ0) is 19.3. The quantitative estimate of drug-likeness (QED) is 0.702. The number of amides is 1. The number of hydrogen-bond acceptors (Lipinski definition) is 6. The molecule has 0 aromatic carbocycles. The number of nitriles is 1. The van der Waals surface area contributed by atoms with Crippen molar-refractivity contribution >= 4 is 33.6 Å². The van der Waals surface area contributed by atoms with Crippen molar-refractivity contribution in [3.8, 4) is 6.07 Å². The van der Waals surface area contributed by atoms with Crippen LogP contribution in [-0.4, -0.2) is 36.6 Å². The minimum Gasteiger partial charge on any atom is -0.377 e. The van der Waals surface area contributed by atoms with Gasteiger partial charge in [0.05, 0.1) is 11.7 Å². The molecule has 148 valence electrons. The molecule has 1 aliphatic heterocycles. The molecule has 1 atom stereocenters. The monoisotopic (exact) mass is 415 g/mol. The van der Waals surface area contributed by atoms with Gasteiger partial charge in [0.15, 0.2) is 0 Å². The topological polar surface area (TPSA) is 65.4 Å². The number of ether oxygens (including phenoxy) is 1. The Morgan fingerprint density at radius 3 is 3.07 bits per heavy atom. The molecule has 0 saturated carbocycles. The van der Waals surface area contributed by atoms with E-state index in [2.05, 4.69) is 33.8 Å². The molecule has 0 bridgehead atoms. The van der Waals surface area contributed by atoms with Crippen molar-refractivity contribution in [3.63, 3.8) is 0 Å². The van der Waals surface area contributed by atoms with Crippen LogP contribution in [0.1, 0.15) is 46.6 Å². The molecule has 2 aromatic rings. The third kappa shape index (κ3) is 4.64. The van der Waals surface area contributed by atoms with E-state index >= 15 is 0 Å². The van der Waals surface area contributed by atoms with Crippen LogP contribution < -0.4 is 5.32 Å². The fourth-order valence-corrected chi connectivity index (χ4v) is 6.00. The first-order valence-corrected chi connectivity index (χ1v) is 11.6. The van der Waals surface area contributed by atoms with Gasteiger partial charge >= 0.3 is 0 Å². The van der Waals surface area contributed by atoms with Crippen LogP contribution in [0.3, 0.4) is 0 Å². The number of nitrogens with one attached hydrogen (secondary N) is 1. The first kappa shape index (κ1) is 19.6. The van der Waals surface area contributed by atoms with Gasteiger partial charge in [-0.1, -0.05) is 6.07 Å². The molecule has 1 fully saturated rings. The second-order valence-corrected chi connectivity index (χ2v) is 9.56. The smallest absolute Gasteiger partial charge is 0.226 e. The van der Waals surface area contributed by atoms with Crippen LogP contribution >= 0.6 is 22.7 Å². The van der Waals surface area contributed by atoms with E-state index in [1.165, 1.54) is 9.75 Å². The fraction of sp³-hybridized carbons (Fsp3) is 0.524. The van der Waals surface area contributed by atoms with Gasteiger partial charge in [-0.25, -0.2) is 0 Å². The summed E-state index contributed by atoms with van der Waals surface area (Å²) in [6, 6.07) is 6.50. The summed E-state index contributed by atoms with van der Waals surface area (Å²) in [6.45, 7) is 3.25. The Labute approximate surface area is 173 Å². The molecule has 2 aliphatic rings. The zero-order valence-electron chi connectivity index (χ0n) is 15.9. The fourth-order valence-electron chi connectivity index (χ4n) is 3.99. The lowest BCUT2D eigenvalue weighted by atomic mass is 10.1. The van der Waals surface area contributed by atoms with Gasteiger partial charge in [-0.05, 0) is 49.1 Å². The summed E-state index contributed by atoms with van der Waals surface area (Å²) >= 11 is 3.33. The highest BCUT2D eigenvalue weighted by Gasteiger charge is 2.24. The van der Waals surface area contributed by atoms with Crippen LogP contribution in [0.15, 0.2) is 17.5 Å². The van der Waals surface area contributed by atoms with E-state index in [1.807, 2.05) is 0 Å². The van der Waals surface area contributed by atoms with Crippen LogP contribution in [0.5, 0.6) is 0 Å². The Morgan fingerprint density at radius 1 is 1.39 bits per heavy atom. The van der Waals surface area contributed by atoms with E-state index in [0.29, 0.717) is 18.5 Å². The van der Waals surface area contributed by atoms with Gasteiger partial charge in [0, 0.05) is 42.4 Å². The Hall–Kier alpha value is -1.72. The molecule has 3 heterocycles. The molecule has 0 radical (unpaired) electrons. The molecule has 7 heteroatoms. The number of anilines is 1. The molecule has 1 aliphatic carbocycles. The van der Waals surface area contributed by atoms with Crippen molar-refractivity contribution in [2.45, 2.75) is 51.2 Å². The molecular weight excluding hydrogens is 390 g/mol. The molecule has 0 spiro atoms. The summed E-state index contributed by atoms with van der Waals surface area (Å²) in [6.07, 6.45) is 6.02. The van der Waals surface area contributed by atoms with Gasteiger partial charge in [-0.2, -0.15) is 5.26 Å². The third-order valence-electron chi connectivity index (χ3n) is 5.39. The standard InChI is InChI=1S/C21H25N3O2S2/c22-12-18-17-6-1-7-19(17)28-21(18)23-20(25)8-9-24(13-15-4-2-10-26-15)14-16-5-3-11-27-16/h3,5,11,15H,1-2,4,6-10,13-14H2,(H,23,25). The number of carbonyl (C=O) groups excluding carboxylic acids is 1. The van der Waals surface area contributed by atoms with Crippen molar-refractivity contribution in [1.82, 2.24) is 4.90 Å². The summed E-state index contributed by atoms with van der Waals surface area (Å²) in [5.74, 6) is -0.0139. The minimum atomic E-state index is -0.0139. The van der Waals surface area contributed by atoms with Gasteiger partial charge in [-0.3, -0.25) is 9.69 Å². The molecular formula is C21H25N3O2S2. The Balaban J connectivity index is 1.35. The van der Waals surface area contributed by atoms with Crippen molar-refractivity contribution in [2.75, 3.05) is 25.0 Å². The Kier molecular flexibility index (Phi) is 6.43. The number of aryl methyl sites for hydroxylation is 1. The highest BCUT2D eigenvalue weighted by Crippen LogP contribution is 2.38. The number of thiophene rings is 2. The van der Waals surface area contributed by atoms with E-state index in [1.54, 1.807) is 22.7 Å². The van der Waals surface area contributed by atoms with Crippen LogP contribution in [0.2, 0.25) is 0 Å². The first-order chi connectivity index (χ1) is 13.7. The van der Waals surface area contributed by atoms with E-state index in [4.69, 9.17) is 4.74 Å². The number of fused-ring (bicyclic) bond motifs is 1.